The molecule has 1 rings (SSSR count). The summed E-state index contributed by atoms with van der Waals surface area (Å²) < 4.78 is 0. The van der Waals surface area contributed by atoms with Gasteiger partial charge >= 0.3 is 5.97 Å². The van der Waals surface area contributed by atoms with Gasteiger partial charge in [-0.1, -0.05) is 13.8 Å². The predicted octanol–water partition coefficient (Wildman–Crippen LogP) is 2.58. The Kier molecular flexibility index (Phi) is 5.13. The van der Waals surface area contributed by atoms with Crippen molar-refractivity contribution < 1.29 is 14.7 Å². The summed E-state index contributed by atoms with van der Waals surface area (Å²) in [6, 6.07) is 7.49. The van der Waals surface area contributed by atoms with Gasteiger partial charge in [0, 0.05) is 31.9 Å². The van der Waals surface area contributed by atoms with Gasteiger partial charge < -0.3 is 15.3 Å². The summed E-state index contributed by atoms with van der Waals surface area (Å²) in [4.78, 5) is 24.6. The summed E-state index contributed by atoms with van der Waals surface area (Å²) in [5.41, 5.74) is 1.21. The topological polar surface area (TPSA) is 69.6 Å². The normalized spacial score (nSPS) is 11.0. The van der Waals surface area contributed by atoms with Crippen molar-refractivity contribution in [1.82, 2.24) is 0 Å². The van der Waals surface area contributed by atoms with Gasteiger partial charge in [-0.25, -0.2) is 0 Å². The van der Waals surface area contributed by atoms with Gasteiger partial charge in [-0.2, -0.15) is 0 Å². The van der Waals surface area contributed by atoms with Crippen LogP contribution in [0.1, 0.15) is 26.7 Å². The number of amides is 1. The van der Waals surface area contributed by atoms with Gasteiger partial charge in [0.2, 0.25) is 5.91 Å². The second-order valence-electron chi connectivity index (χ2n) is 5.90. The Morgan fingerprint density at radius 2 is 1.70 bits per heavy atom. The summed E-state index contributed by atoms with van der Waals surface area (Å²) in [6.45, 7) is 3.55. The van der Waals surface area contributed by atoms with Crippen LogP contribution in [-0.2, 0) is 9.59 Å². The zero-order valence-corrected chi connectivity index (χ0v) is 12.4. The largest absolute Gasteiger partial charge is 0.481 e. The second-order valence-corrected chi connectivity index (χ2v) is 5.90. The minimum atomic E-state index is -0.891. The van der Waals surface area contributed by atoms with Crippen molar-refractivity contribution >= 4 is 23.3 Å². The van der Waals surface area contributed by atoms with Gasteiger partial charge in [0.1, 0.15) is 0 Å². The van der Waals surface area contributed by atoms with Crippen molar-refractivity contribution in [2.45, 2.75) is 26.7 Å². The summed E-state index contributed by atoms with van der Waals surface area (Å²) in [6.07, 6.45) is 0.148. The van der Waals surface area contributed by atoms with E-state index in [-0.39, 0.29) is 18.7 Å². The van der Waals surface area contributed by atoms with Crippen molar-refractivity contribution in [1.29, 1.82) is 0 Å². The van der Waals surface area contributed by atoms with E-state index in [9.17, 15) is 9.59 Å². The van der Waals surface area contributed by atoms with Crippen LogP contribution in [0.4, 0.5) is 11.4 Å². The summed E-state index contributed by atoms with van der Waals surface area (Å²) in [7, 11) is 3.89. The zero-order valence-electron chi connectivity index (χ0n) is 12.4. The highest BCUT2D eigenvalue weighted by Crippen LogP contribution is 2.25. The van der Waals surface area contributed by atoms with E-state index < -0.39 is 11.4 Å². The van der Waals surface area contributed by atoms with E-state index in [1.165, 1.54) is 0 Å². The van der Waals surface area contributed by atoms with Gasteiger partial charge in [0.25, 0.3) is 0 Å². The fourth-order valence-corrected chi connectivity index (χ4v) is 1.95. The van der Waals surface area contributed by atoms with Crippen LogP contribution in [0.2, 0.25) is 0 Å². The number of anilines is 2. The highest BCUT2D eigenvalue weighted by molar-refractivity contribution is 5.91. The van der Waals surface area contributed by atoms with Crippen LogP contribution in [0.25, 0.3) is 0 Å². The highest BCUT2D eigenvalue weighted by atomic mass is 16.4. The summed E-state index contributed by atoms with van der Waals surface area (Å²) in [5.74, 6) is -1.06. The molecule has 0 saturated heterocycles. The SMILES string of the molecule is CN(C)c1ccc(NC(=O)CC(C)(C)CC(=O)O)cc1. The average molecular weight is 278 g/mol. The van der Waals surface area contributed by atoms with E-state index in [2.05, 4.69) is 5.32 Å². The Labute approximate surface area is 119 Å². The maximum absolute atomic E-state index is 11.9. The Bertz CT molecular complexity index is 478. The molecule has 0 spiro atoms. The third kappa shape index (κ3) is 5.30. The first-order valence-corrected chi connectivity index (χ1v) is 6.49. The number of hydrogen-bond donors (Lipinski definition) is 2. The summed E-state index contributed by atoms with van der Waals surface area (Å²) >= 11 is 0. The smallest absolute Gasteiger partial charge is 0.303 e. The predicted molar refractivity (Wildman–Crippen MR) is 80.0 cm³/mol. The van der Waals surface area contributed by atoms with Crippen LogP contribution < -0.4 is 10.2 Å². The van der Waals surface area contributed by atoms with E-state index in [4.69, 9.17) is 5.11 Å². The Hall–Kier alpha value is -2.04. The molecule has 5 nitrogen and oxygen atoms in total. The lowest BCUT2D eigenvalue weighted by Crippen LogP contribution is -2.24. The molecule has 0 heterocycles. The maximum atomic E-state index is 11.9. The zero-order chi connectivity index (χ0) is 15.3. The van der Waals surface area contributed by atoms with Gasteiger partial charge in [-0.15, -0.1) is 0 Å². The Morgan fingerprint density at radius 3 is 2.15 bits per heavy atom. The first-order chi connectivity index (χ1) is 9.19. The van der Waals surface area contributed by atoms with Crippen molar-refractivity contribution in [3.8, 4) is 0 Å². The van der Waals surface area contributed by atoms with E-state index in [0.717, 1.165) is 5.69 Å². The van der Waals surface area contributed by atoms with Crippen molar-refractivity contribution in [2.75, 3.05) is 24.3 Å². The van der Waals surface area contributed by atoms with Gasteiger partial charge in [0.05, 0.1) is 6.42 Å². The average Bonchev–Trinajstić information content (AvgIpc) is 2.26. The molecular weight excluding hydrogens is 256 g/mol. The number of carbonyl (C=O) groups is 2. The number of nitrogens with one attached hydrogen (secondary N) is 1. The number of carbonyl (C=O) groups excluding carboxylic acids is 1. The molecule has 2 N–H and O–H groups in total. The lowest BCUT2D eigenvalue weighted by atomic mass is 9.85. The molecule has 1 amide bonds. The highest BCUT2D eigenvalue weighted by Gasteiger charge is 2.25. The molecule has 5 heteroatoms. The molecule has 0 saturated carbocycles. The molecule has 0 unspecified atom stereocenters. The Balaban J connectivity index is 2.60. The minimum absolute atomic E-state index is 0.0278. The molecule has 20 heavy (non-hydrogen) atoms. The lowest BCUT2D eigenvalue weighted by molar-refractivity contribution is -0.139. The van der Waals surface area contributed by atoms with Crippen molar-refractivity contribution in [3.05, 3.63) is 24.3 Å². The van der Waals surface area contributed by atoms with Gasteiger partial charge in [0.15, 0.2) is 0 Å². The van der Waals surface area contributed by atoms with Gasteiger partial charge in [-0.3, -0.25) is 9.59 Å². The molecule has 0 bridgehead atoms. The van der Waals surface area contributed by atoms with Crippen LogP contribution in [0.5, 0.6) is 0 Å². The lowest BCUT2D eigenvalue weighted by Gasteiger charge is -2.21. The van der Waals surface area contributed by atoms with Crippen LogP contribution in [0, 0.1) is 5.41 Å². The summed E-state index contributed by atoms with van der Waals surface area (Å²) in [5, 5.41) is 11.6. The molecule has 0 aromatic heterocycles. The quantitative estimate of drug-likeness (QED) is 0.839. The fraction of sp³-hybridized carbons (Fsp3) is 0.467. The maximum Gasteiger partial charge on any atom is 0.303 e. The molecule has 1 aromatic rings. The standard InChI is InChI=1S/C15H22N2O3/c1-15(2,10-14(19)20)9-13(18)16-11-5-7-12(8-6-11)17(3)4/h5-8H,9-10H2,1-4H3,(H,16,18)(H,19,20). The van der Waals surface area contributed by atoms with Crippen LogP contribution in [0.15, 0.2) is 24.3 Å². The molecular formula is C15H22N2O3. The minimum Gasteiger partial charge on any atom is -0.481 e. The van der Waals surface area contributed by atoms with Gasteiger partial charge in [-0.05, 0) is 29.7 Å². The molecule has 0 aliphatic carbocycles. The number of carboxylic acids is 1. The number of hydrogen-bond acceptors (Lipinski definition) is 3. The molecule has 0 atom stereocenters. The third-order valence-corrected chi connectivity index (χ3v) is 2.94. The van der Waals surface area contributed by atoms with Crippen LogP contribution >= 0.6 is 0 Å². The molecule has 1 aromatic carbocycles. The number of rotatable bonds is 6. The molecule has 0 radical (unpaired) electrons. The number of aliphatic carboxylic acids is 1. The molecule has 0 fully saturated rings. The van der Waals surface area contributed by atoms with Crippen molar-refractivity contribution in [2.24, 2.45) is 5.41 Å². The van der Waals surface area contributed by atoms with Crippen molar-refractivity contribution in [3.63, 3.8) is 0 Å². The second kappa shape index (κ2) is 6.41. The first kappa shape index (κ1) is 16.0. The molecule has 110 valence electrons. The monoisotopic (exact) mass is 278 g/mol. The number of carboxylic acid groups (broad SMARTS) is 1. The van der Waals surface area contributed by atoms with E-state index in [0.29, 0.717) is 5.69 Å². The number of benzene rings is 1. The first-order valence-electron chi connectivity index (χ1n) is 6.49. The molecule has 0 aliphatic heterocycles. The van der Waals surface area contributed by atoms with E-state index in [1.807, 2.05) is 43.3 Å². The Morgan fingerprint density at radius 1 is 1.15 bits per heavy atom. The van der Waals surface area contributed by atoms with Crippen LogP contribution in [-0.4, -0.2) is 31.1 Å². The third-order valence-electron chi connectivity index (χ3n) is 2.94. The molecule has 0 aliphatic rings. The fourth-order valence-electron chi connectivity index (χ4n) is 1.95. The van der Waals surface area contributed by atoms with E-state index in [1.54, 1.807) is 13.8 Å². The number of nitrogens with zero attached hydrogens (tertiary/aromatic N) is 1. The van der Waals surface area contributed by atoms with Crippen LogP contribution in [0.3, 0.4) is 0 Å². The van der Waals surface area contributed by atoms with E-state index >= 15 is 0 Å².